The van der Waals surface area contributed by atoms with Crippen molar-refractivity contribution >= 4 is 17.1 Å². The summed E-state index contributed by atoms with van der Waals surface area (Å²) in [7, 11) is 0. The topological polar surface area (TPSA) is 6.25 Å². The van der Waals surface area contributed by atoms with Gasteiger partial charge in [0, 0.05) is 47.5 Å². The van der Waals surface area contributed by atoms with Crippen LogP contribution in [0.25, 0.3) is 0 Å². The van der Waals surface area contributed by atoms with E-state index in [0.29, 0.717) is 0 Å². The molecule has 0 saturated heterocycles. The van der Waals surface area contributed by atoms with E-state index >= 15 is 0 Å². The molecule has 2 aromatic carbocycles. The second-order valence-electron chi connectivity index (χ2n) is 9.88. The molecule has 0 N–H and O–H groups in total. The number of anilines is 1. The summed E-state index contributed by atoms with van der Waals surface area (Å²) >= 11 is 0. The Morgan fingerprint density at radius 1 is 0.839 bits per heavy atom. The van der Waals surface area contributed by atoms with Gasteiger partial charge < -0.3 is 4.90 Å². The summed E-state index contributed by atoms with van der Waals surface area (Å²) in [5, 5.41) is 0. The van der Waals surface area contributed by atoms with E-state index in [0.717, 1.165) is 25.9 Å². The minimum absolute atomic E-state index is 0.0119. The Balaban J connectivity index is 1.75. The standard InChI is InChI=1S/C29H37N2/c1-7-20-30-24-16-11-9-14-22(24)28(3,4)26(30)18-13-19-27-29(5,6)23-15-10-12-17-25(23)31(27)21-8-2/h9-19H,7-8,20-21H2,1-6H3/q+1. The van der Waals surface area contributed by atoms with Crippen molar-refractivity contribution in [2.75, 3.05) is 18.0 Å². The summed E-state index contributed by atoms with van der Waals surface area (Å²) in [6, 6.07) is 17.8. The molecule has 162 valence electrons. The zero-order valence-corrected chi connectivity index (χ0v) is 20.1. The molecular formula is C29H37N2+. The van der Waals surface area contributed by atoms with Crippen LogP contribution in [0.5, 0.6) is 0 Å². The number of fused-ring (bicyclic) bond motifs is 2. The van der Waals surface area contributed by atoms with Gasteiger partial charge >= 0.3 is 0 Å². The quantitative estimate of drug-likeness (QED) is 0.457. The molecule has 2 aliphatic heterocycles. The van der Waals surface area contributed by atoms with Crippen LogP contribution in [0.4, 0.5) is 11.4 Å². The van der Waals surface area contributed by atoms with Crippen molar-refractivity contribution in [1.82, 2.24) is 0 Å². The van der Waals surface area contributed by atoms with Gasteiger partial charge in [-0.3, -0.25) is 0 Å². The number of hydrogen-bond donors (Lipinski definition) is 0. The second kappa shape index (κ2) is 8.15. The molecule has 2 heteroatoms. The Bertz CT molecular complexity index is 1070. The maximum absolute atomic E-state index is 2.52. The first-order valence-electron chi connectivity index (χ1n) is 11.8. The van der Waals surface area contributed by atoms with Crippen molar-refractivity contribution in [3.05, 3.63) is 83.6 Å². The maximum atomic E-state index is 2.52. The zero-order valence-electron chi connectivity index (χ0n) is 20.1. The summed E-state index contributed by atoms with van der Waals surface area (Å²) < 4.78 is 2.52. The average Bonchev–Trinajstić information content (AvgIpc) is 3.10. The summed E-state index contributed by atoms with van der Waals surface area (Å²) in [5.74, 6) is 0. The smallest absolute Gasteiger partial charge is 0.209 e. The largest absolute Gasteiger partial charge is 0.344 e. The van der Waals surface area contributed by atoms with E-state index in [9.17, 15) is 0 Å². The second-order valence-corrected chi connectivity index (χ2v) is 9.88. The van der Waals surface area contributed by atoms with Gasteiger partial charge in [-0.1, -0.05) is 70.2 Å². The van der Waals surface area contributed by atoms with Gasteiger partial charge in [-0.2, -0.15) is 4.58 Å². The lowest BCUT2D eigenvalue weighted by Gasteiger charge is -2.26. The van der Waals surface area contributed by atoms with E-state index in [1.54, 1.807) is 0 Å². The van der Waals surface area contributed by atoms with Crippen LogP contribution in [0.15, 0.2) is 72.5 Å². The molecule has 2 heterocycles. The van der Waals surface area contributed by atoms with Crippen LogP contribution in [0, 0.1) is 0 Å². The minimum atomic E-state index is 0.0119. The fourth-order valence-electron chi connectivity index (χ4n) is 5.44. The fraction of sp³-hybridized carbons (Fsp3) is 0.414. The van der Waals surface area contributed by atoms with Crippen molar-refractivity contribution in [2.45, 2.75) is 65.2 Å². The molecule has 0 unspecified atom stereocenters. The third-order valence-electron chi connectivity index (χ3n) is 7.00. The molecule has 0 aromatic heterocycles. The molecule has 0 saturated carbocycles. The van der Waals surface area contributed by atoms with Gasteiger partial charge in [0.2, 0.25) is 5.69 Å². The highest BCUT2D eigenvalue weighted by Crippen LogP contribution is 2.47. The van der Waals surface area contributed by atoms with Crippen LogP contribution >= 0.6 is 0 Å². The van der Waals surface area contributed by atoms with E-state index in [1.807, 2.05) is 0 Å². The van der Waals surface area contributed by atoms with Crippen LogP contribution in [0.2, 0.25) is 0 Å². The van der Waals surface area contributed by atoms with Crippen LogP contribution < -0.4 is 4.90 Å². The molecule has 0 amide bonds. The average molecular weight is 414 g/mol. The number of nitrogens with zero attached hydrogens (tertiary/aromatic N) is 2. The fourth-order valence-corrected chi connectivity index (χ4v) is 5.44. The predicted molar refractivity (Wildman–Crippen MR) is 134 cm³/mol. The first-order valence-corrected chi connectivity index (χ1v) is 11.8. The summed E-state index contributed by atoms with van der Waals surface area (Å²) in [5.41, 5.74) is 8.39. The highest BCUT2D eigenvalue weighted by atomic mass is 15.2. The molecule has 0 aliphatic carbocycles. The molecule has 0 atom stereocenters. The summed E-state index contributed by atoms with van der Waals surface area (Å²) in [4.78, 5) is 2.52. The molecular weight excluding hydrogens is 376 g/mol. The monoisotopic (exact) mass is 413 g/mol. The zero-order chi connectivity index (χ0) is 22.2. The van der Waals surface area contributed by atoms with Gasteiger partial charge in [0.25, 0.3) is 0 Å². The lowest BCUT2D eigenvalue weighted by Crippen LogP contribution is -2.28. The Morgan fingerprint density at radius 2 is 1.52 bits per heavy atom. The van der Waals surface area contributed by atoms with Gasteiger partial charge in [-0.05, 0) is 38.0 Å². The predicted octanol–water partition coefficient (Wildman–Crippen LogP) is 7.12. The first kappa shape index (κ1) is 21.6. The van der Waals surface area contributed by atoms with Crippen molar-refractivity contribution in [3.63, 3.8) is 0 Å². The Kier molecular flexibility index (Phi) is 5.68. The molecule has 0 fully saturated rings. The number of para-hydroxylation sites is 2. The third-order valence-corrected chi connectivity index (χ3v) is 7.00. The molecule has 0 bridgehead atoms. The van der Waals surface area contributed by atoms with Gasteiger partial charge in [0.1, 0.15) is 6.54 Å². The van der Waals surface area contributed by atoms with Crippen molar-refractivity contribution in [2.24, 2.45) is 0 Å². The summed E-state index contributed by atoms with van der Waals surface area (Å²) in [6.07, 6.45) is 9.26. The Labute approximate surface area is 188 Å². The normalized spacial score (nSPS) is 20.1. The SMILES string of the molecule is CCCN1/C(=C\C=C\C2=[N+](CCC)c3ccccc3C2(C)C)C(C)(C)c2ccccc21. The number of allylic oxidation sites excluding steroid dienone is 4. The molecule has 2 nitrogen and oxygen atoms in total. The maximum Gasteiger partial charge on any atom is 0.209 e. The highest BCUT2D eigenvalue weighted by Gasteiger charge is 2.44. The van der Waals surface area contributed by atoms with Gasteiger partial charge in [-0.15, -0.1) is 0 Å². The molecule has 31 heavy (non-hydrogen) atoms. The third kappa shape index (κ3) is 3.46. The van der Waals surface area contributed by atoms with E-state index in [4.69, 9.17) is 0 Å². The lowest BCUT2D eigenvalue weighted by molar-refractivity contribution is -0.437. The molecule has 4 rings (SSSR count). The van der Waals surface area contributed by atoms with Crippen molar-refractivity contribution in [3.8, 4) is 0 Å². The van der Waals surface area contributed by atoms with Crippen LogP contribution in [0.3, 0.4) is 0 Å². The lowest BCUT2D eigenvalue weighted by atomic mass is 9.81. The number of benzene rings is 2. The van der Waals surface area contributed by atoms with E-state index in [-0.39, 0.29) is 10.8 Å². The Morgan fingerprint density at radius 3 is 2.23 bits per heavy atom. The van der Waals surface area contributed by atoms with Gasteiger partial charge in [-0.25, -0.2) is 0 Å². The van der Waals surface area contributed by atoms with Gasteiger partial charge in [0.15, 0.2) is 5.71 Å². The minimum Gasteiger partial charge on any atom is -0.344 e. The molecule has 2 aliphatic rings. The Hall–Kier alpha value is -2.61. The van der Waals surface area contributed by atoms with E-state index < -0.39 is 0 Å². The highest BCUT2D eigenvalue weighted by molar-refractivity contribution is 6.03. The van der Waals surface area contributed by atoms with E-state index in [2.05, 4.69) is 118 Å². The van der Waals surface area contributed by atoms with Crippen LogP contribution in [-0.2, 0) is 10.8 Å². The summed E-state index contributed by atoms with van der Waals surface area (Å²) in [6.45, 7) is 16.0. The van der Waals surface area contributed by atoms with Gasteiger partial charge in [0.05, 0.1) is 5.41 Å². The number of hydrogen-bond acceptors (Lipinski definition) is 1. The molecule has 0 spiro atoms. The van der Waals surface area contributed by atoms with Crippen molar-refractivity contribution in [1.29, 1.82) is 0 Å². The number of rotatable bonds is 6. The first-order chi connectivity index (χ1) is 14.8. The van der Waals surface area contributed by atoms with Crippen LogP contribution in [-0.4, -0.2) is 23.4 Å². The molecule has 2 aromatic rings. The molecule has 0 radical (unpaired) electrons. The van der Waals surface area contributed by atoms with Crippen LogP contribution in [0.1, 0.15) is 65.5 Å². The van der Waals surface area contributed by atoms with E-state index in [1.165, 1.54) is 33.9 Å². The van der Waals surface area contributed by atoms with Crippen molar-refractivity contribution < 1.29 is 4.58 Å².